The molecule has 0 aliphatic carbocycles. The van der Waals surface area contributed by atoms with E-state index >= 15 is 0 Å². The van der Waals surface area contributed by atoms with Crippen LogP contribution in [0.3, 0.4) is 0 Å². The lowest BCUT2D eigenvalue weighted by Crippen LogP contribution is -2.47. The Morgan fingerprint density at radius 2 is 2.04 bits per heavy atom. The van der Waals surface area contributed by atoms with Gasteiger partial charge in [-0.05, 0) is 31.0 Å². The van der Waals surface area contributed by atoms with E-state index in [0.717, 1.165) is 14.9 Å². The third-order valence-electron chi connectivity index (χ3n) is 3.71. The number of anilines is 2. The first-order valence-electron chi connectivity index (χ1n) is 8.59. The van der Waals surface area contributed by atoms with Crippen molar-refractivity contribution in [1.29, 1.82) is 0 Å². The number of rotatable bonds is 8. The average Bonchev–Trinajstić information content (AvgIpc) is 2.99. The van der Waals surface area contributed by atoms with E-state index in [0.29, 0.717) is 26.7 Å². The summed E-state index contributed by atoms with van der Waals surface area (Å²) in [5.41, 5.74) is 1.08. The van der Waals surface area contributed by atoms with Crippen molar-refractivity contribution < 1.29 is 13.2 Å². The standard InChI is InChI=1S/C17H23ClN4O3S3/c1-6-13(15(23)19-16-20-21-17(27-16)26-10(2)3)22(28(5,24)25)14-9-12(18)8-7-11(14)4/h7-10,13H,6H2,1-5H3,(H,19,20,23)/t13-/m0/s1. The Morgan fingerprint density at radius 3 is 2.61 bits per heavy atom. The van der Waals surface area contributed by atoms with Crippen LogP contribution in [0.25, 0.3) is 0 Å². The molecule has 0 spiro atoms. The summed E-state index contributed by atoms with van der Waals surface area (Å²) in [7, 11) is -3.74. The number of nitrogens with zero attached hydrogens (tertiary/aromatic N) is 3. The fourth-order valence-corrected chi connectivity index (χ4v) is 5.96. The number of benzene rings is 1. The first-order chi connectivity index (χ1) is 13.0. The Labute approximate surface area is 178 Å². The minimum atomic E-state index is -3.74. The number of carbonyl (C=O) groups is 1. The van der Waals surface area contributed by atoms with Gasteiger partial charge >= 0.3 is 0 Å². The minimum Gasteiger partial charge on any atom is -0.299 e. The summed E-state index contributed by atoms with van der Waals surface area (Å²) >= 11 is 8.87. The van der Waals surface area contributed by atoms with Gasteiger partial charge in [0.15, 0.2) is 4.34 Å². The minimum absolute atomic E-state index is 0.275. The van der Waals surface area contributed by atoms with Crippen LogP contribution < -0.4 is 9.62 Å². The molecule has 0 aliphatic heterocycles. The molecule has 0 unspecified atom stereocenters. The first kappa shape index (κ1) is 22.9. The number of hydrogen-bond donors (Lipinski definition) is 1. The lowest BCUT2D eigenvalue weighted by atomic mass is 10.1. The number of aryl methyl sites for hydroxylation is 1. The average molecular weight is 463 g/mol. The Balaban J connectivity index is 2.34. The molecule has 2 rings (SSSR count). The number of halogens is 1. The van der Waals surface area contributed by atoms with Crippen molar-refractivity contribution in [3.63, 3.8) is 0 Å². The summed E-state index contributed by atoms with van der Waals surface area (Å²) in [5, 5.41) is 11.8. The molecule has 1 aromatic carbocycles. The monoisotopic (exact) mass is 462 g/mol. The summed E-state index contributed by atoms with van der Waals surface area (Å²) in [5.74, 6) is -0.468. The maximum Gasteiger partial charge on any atom is 0.250 e. The van der Waals surface area contributed by atoms with Crippen LogP contribution >= 0.6 is 34.7 Å². The van der Waals surface area contributed by atoms with Gasteiger partial charge in [0.2, 0.25) is 21.1 Å². The van der Waals surface area contributed by atoms with Gasteiger partial charge in [-0.15, -0.1) is 10.2 Å². The van der Waals surface area contributed by atoms with Crippen LogP contribution in [-0.2, 0) is 14.8 Å². The fraction of sp³-hybridized carbons (Fsp3) is 0.471. The molecule has 2 aromatic rings. The highest BCUT2D eigenvalue weighted by Crippen LogP contribution is 2.31. The van der Waals surface area contributed by atoms with Crippen molar-refractivity contribution in [2.45, 2.75) is 49.7 Å². The highest BCUT2D eigenvalue weighted by atomic mass is 35.5. The van der Waals surface area contributed by atoms with Crippen LogP contribution in [-0.4, -0.2) is 42.1 Å². The van der Waals surface area contributed by atoms with Crippen LogP contribution in [0.4, 0.5) is 10.8 Å². The molecule has 1 aromatic heterocycles. The van der Waals surface area contributed by atoms with Crippen molar-refractivity contribution in [3.05, 3.63) is 28.8 Å². The molecule has 0 radical (unpaired) electrons. The molecular formula is C17H23ClN4O3S3. The van der Waals surface area contributed by atoms with Gasteiger partial charge in [-0.3, -0.25) is 14.4 Å². The lowest BCUT2D eigenvalue weighted by molar-refractivity contribution is -0.117. The number of carbonyl (C=O) groups excluding carboxylic acids is 1. The second kappa shape index (κ2) is 9.43. The van der Waals surface area contributed by atoms with Crippen LogP contribution in [0.5, 0.6) is 0 Å². The summed E-state index contributed by atoms with van der Waals surface area (Å²) in [6.45, 7) is 7.60. The third-order valence-corrected chi connectivity index (χ3v) is 7.04. The van der Waals surface area contributed by atoms with Gasteiger partial charge in [0.25, 0.3) is 0 Å². The van der Waals surface area contributed by atoms with Gasteiger partial charge in [0, 0.05) is 10.3 Å². The highest BCUT2D eigenvalue weighted by molar-refractivity contribution is 8.01. The van der Waals surface area contributed by atoms with Crippen LogP contribution in [0.15, 0.2) is 22.5 Å². The zero-order valence-corrected chi connectivity index (χ0v) is 19.5. The maximum absolute atomic E-state index is 12.9. The van der Waals surface area contributed by atoms with E-state index in [4.69, 9.17) is 11.6 Å². The molecule has 0 saturated carbocycles. The first-order valence-corrected chi connectivity index (χ1v) is 12.5. The van der Waals surface area contributed by atoms with Crippen molar-refractivity contribution in [2.75, 3.05) is 15.9 Å². The molecule has 0 bridgehead atoms. The molecule has 1 N–H and O–H groups in total. The third kappa shape index (κ3) is 5.82. The Kier molecular flexibility index (Phi) is 7.72. The number of amides is 1. The van der Waals surface area contributed by atoms with E-state index in [9.17, 15) is 13.2 Å². The molecule has 154 valence electrons. The molecule has 0 fully saturated rings. The smallest absolute Gasteiger partial charge is 0.250 e. The van der Waals surface area contributed by atoms with Crippen LogP contribution in [0.1, 0.15) is 32.8 Å². The second-order valence-corrected chi connectivity index (χ2v) is 11.5. The van der Waals surface area contributed by atoms with Gasteiger partial charge in [0.1, 0.15) is 6.04 Å². The topological polar surface area (TPSA) is 92.3 Å². The number of aromatic nitrogens is 2. The number of hydrogen-bond acceptors (Lipinski definition) is 7. The lowest BCUT2D eigenvalue weighted by Gasteiger charge is -2.31. The maximum atomic E-state index is 12.9. The molecule has 28 heavy (non-hydrogen) atoms. The number of thioether (sulfide) groups is 1. The van der Waals surface area contributed by atoms with Gasteiger partial charge < -0.3 is 0 Å². The molecule has 7 nitrogen and oxygen atoms in total. The molecule has 0 saturated heterocycles. The van der Waals surface area contributed by atoms with Crippen molar-refractivity contribution in [3.8, 4) is 0 Å². The van der Waals surface area contributed by atoms with E-state index < -0.39 is 22.0 Å². The fourth-order valence-electron chi connectivity index (χ4n) is 2.55. The Bertz CT molecular complexity index is 947. The van der Waals surface area contributed by atoms with Gasteiger partial charge in [-0.25, -0.2) is 8.42 Å². The van der Waals surface area contributed by atoms with Crippen LogP contribution in [0.2, 0.25) is 5.02 Å². The SMILES string of the molecule is CC[C@@H](C(=O)Nc1nnc(SC(C)C)s1)N(c1cc(Cl)ccc1C)S(C)(=O)=O. The zero-order chi connectivity index (χ0) is 21.1. The molecule has 1 heterocycles. The summed E-state index contributed by atoms with van der Waals surface area (Å²) in [4.78, 5) is 12.9. The Morgan fingerprint density at radius 1 is 1.36 bits per heavy atom. The van der Waals surface area contributed by atoms with E-state index in [1.165, 1.54) is 11.3 Å². The molecule has 1 atom stereocenters. The van der Waals surface area contributed by atoms with E-state index in [-0.39, 0.29) is 6.42 Å². The van der Waals surface area contributed by atoms with Crippen molar-refractivity contribution in [1.82, 2.24) is 10.2 Å². The van der Waals surface area contributed by atoms with Gasteiger partial charge in [0.05, 0.1) is 11.9 Å². The summed E-state index contributed by atoms with van der Waals surface area (Å²) < 4.78 is 27.0. The largest absolute Gasteiger partial charge is 0.299 e. The van der Waals surface area contributed by atoms with E-state index in [1.54, 1.807) is 43.8 Å². The summed E-state index contributed by atoms with van der Waals surface area (Å²) in [6.07, 6.45) is 1.35. The predicted molar refractivity (Wildman–Crippen MR) is 117 cm³/mol. The Hall–Kier alpha value is -1.36. The van der Waals surface area contributed by atoms with E-state index in [1.807, 2.05) is 13.8 Å². The normalized spacial score (nSPS) is 12.8. The predicted octanol–water partition coefficient (Wildman–Crippen LogP) is 4.18. The number of nitrogens with one attached hydrogen (secondary N) is 1. The van der Waals surface area contributed by atoms with Crippen molar-refractivity contribution in [2.24, 2.45) is 0 Å². The van der Waals surface area contributed by atoms with E-state index in [2.05, 4.69) is 15.5 Å². The van der Waals surface area contributed by atoms with Crippen molar-refractivity contribution >= 4 is 61.4 Å². The quantitative estimate of drug-likeness (QED) is 0.467. The molecule has 11 heteroatoms. The van der Waals surface area contributed by atoms with Crippen LogP contribution in [0, 0.1) is 6.92 Å². The van der Waals surface area contributed by atoms with Gasteiger partial charge in [-0.1, -0.05) is 61.5 Å². The highest BCUT2D eigenvalue weighted by Gasteiger charge is 2.33. The molecule has 0 aliphatic rings. The number of sulfonamides is 1. The molecule has 1 amide bonds. The molecular weight excluding hydrogens is 440 g/mol. The zero-order valence-electron chi connectivity index (χ0n) is 16.3. The van der Waals surface area contributed by atoms with Gasteiger partial charge in [-0.2, -0.15) is 0 Å². The second-order valence-electron chi connectivity index (χ2n) is 6.44. The summed E-state index contributed by atoms with van der Waals surface area (Å²) in [6, 6.07) is 4.01.